The van der Waals surface area contributed by atoms with Crippen molar-refractivity contribution in [1.29, 1.82) is 0 Å². The van der Waals surface area contributed by atoms with E-state index in [9.17, 15) is 0 Å². The van der Waals surface area contributed by atoms with Gasteiger partial charge in [0.2, 0.25) is 5.88 Å². The average molecular weight is 283 g/mol. The highest BCUT2D eigenvalue weighted by molar-refractivity contribution is 9.10. The number of nitrogen functional groups attached to an aromatic ring is 1. The molecule has 1 aromatic carbocycles. The zero-order valence-electron chi connectivity index (χ0n) is 8.74. The van der Waals surface area contributed by atoms with Crippen molar-refractivity contribution < 1.29 is 9.26 Å². The number of anilines is 1. The van der Waals surface area contributed by atoms with Gasteiger partial charge in [0.05, 0.1) is 6.61 Å². The van der Waals surface area contributed by atoms with Crippen LogP contribution in [0.15, 0.2) is 33.3 Å². The van der Waals surface area contributed by atoms with Crippen LogP contribution in [0.2, 0.25) is 0 Å². The number of nitrogens with two attached hydrogens (primary N) is 1. The SMILES string of the molecule is CCOc1ccc(-c2cc(N)on2)c(Br)c1. The predicted octanol–water partition coefficient (Wildman–Crippen LogP) is 3.09. The molecule has 2 rings (SSSR count). The summed E-state index contributed by atoms with van der Waals surface area (Å²) in [7, 11) is 0. The summed E-state index contributed by atoms with van der Waals surface area (Å²) in [6, 6.07) is 7.37. The molecule has 0 spiro atoms. The van der Waals surface area contributed by atoms with Gasteiger partial charge in [-0.05, 0) is 41.1 Å². The Balaban J connectivity index is 2.36. The van der Waals surface area contributed by atoms with E-state index in [2.05, 4.69) is 21.1 Å². The lowest BCUT2D eigenvalue weighted by Crippen LogP contribution is -1.91. The Morgan fingerprint density at radius 1 is 1.44 bits per heavy atom. The molecule has 0 atom stereocenters. The second-order valence-electron chi connectivity index (χ2n) is 3.19. The fourth-order valence-electron chi connectivity index (χ4n) is 1.38. The Morgan fingerprint density at radius 3 is 2.81 bits per heavy atom. The van der Waals surface area contributed by atoms with Gasteiger partial charge < -0.3 is 15.0 Å². The Labute approximate surface area is 102 Å². The molecule has 16 heavy (non-hydrogen) atoms. The molecular formula is C11H11BrN2O2. The molecule has 0 fully saturated rings. The molecule has 0 saturated heterocycles. The van der Waals surface area contributed by atoms with Crippen molar-refractivity contribution in [1.82, 2.24) is 5.16 Å². The molecule has 0 saturated carbocycles. The number of benzene rings is 1. The molecule has 4 nitrogen and oxygen atoms in total. The van der Waals surface area contributed by atoms with Crippen LogP contribution in [-0.4, -0.2) is 11.8 Å². The molecule has 2 aromatic rings. The molecule has 0 radical (unpaired) electrons. The predicted molar refractivity (Wildman–Crippen MR) is 65.2 cm³/mol. The zero-order valence-corrected chi connectivity index (χ0v) is 10.3. The summed E-state index contributed by atoms with van der Waals surface area (Å²) in [5.74, 6) is 1.12. The third-order valence-corrected chi connectivity index (χ3v) is 2.71. The van der Waals surface area contributed by atoms with Crippen molar-refractivity contribution in [2.45, 2.75) is 6.92 Å². The normalized spacial score (nSPS) is 10.4. The smallest absolute Gasteiger partial charge is 0.222 e. The number of nitrogens with zero attached hydrogens (tertiary/aromatic N) is 1. The van der Waals surface area contributed by atoms with Crippen LogP contribution in [0.3, 0.4) is 0 Å². The number of aromatic nitrogens is 1. The van der Waals surface area contributed by atoms with E-state index in [0.717, 1.165) is 15.8 Å². The minimum absolute atomic E-state index is 0.302. The average Bonchev–Trinajstić information content (AvgIpc) is 2.65. The number of ether oxygens (including phenoxy) is 1. The fourth-order valence-corrected chi connectivity index (χ4v) is 1.94. The summed E-state index contributed by atoms with van der Waals surface area (Å²) in [4.78, 5) is 0. The molecule has 5 heteroatoms. The summed E-state index contributed by atoms with van der Waals surface area (Å²) in [5, 5.41) is 3.85. The highest BCUT2D eigenvalue weighted by Crippen LogP contribution is 2.31. The highest BCUT2D eigenvalue weighted by Gasteiger charge is 2.09. The third kappa shape index (κ3) is 2.19. The van der Waals surface area contributed by atoms with Crippen molar-refractivity contribution >= 4 is 21.8 Å². The summed E-state index contributed by atoms with van der Waals surface area (Å²) in [5.41, 5.74) is 7.10. The van der Waals surface area contributed by atoms with Crippen molar-refractivity contribution in [3.8, 4) is 17.0 Å². The van der Waals surface area contributed by atoms with Crippen LogP contribution >= 0.6 is 15.9 Å². The maximum atomic E-state index is 5.47. The maximum absolute atomic E-state index is 5.47. The van der Waals surface area contributed by atoms with Gasteiger partial charge in [0.15, 0.2) is 0 Å². The molecule has 0 aliphatic rings. The van der Waals surface area contributed by atoms with Crippen molar-refractivity contribution in [3.05, 3.63) is 28.7 Å². The molecule has 0 unspecified atom stereocenters. The molecule has 0 aliphatic carbocycles. The summed E-state index contributed by atoms with van der Waals surface area (Å²) in [6.45, 7) is 2.59. The van der Waals surface area contributed by atoms with Gasteiger partial charge in [-0.1, -0.05) is 5.16 Å². The van der Waals surface area contributed by atoms with E-state index in [1.807, 2.05) is 25.1 Å². The summed E-state index contributed by atoms with van der Waals surface area (Å²) in [6.07, 6.45) is 0. The standard InChI is InChI=1S/C11H11BrN2O2/c1-2-15-7-3-4-8(9(12)5-7)10-6-11(13)16-14-10/h3-6H,2,13H2,1H3. The molecule has 0 aliphatic heterocycles. The number of halogens is 1. The van der Waals surface area contributed by atoms with Crippen LogP contribution in [0.25, 0.3) is 11.3 Å². The van der Waals surface area contributed by atoms with Crippen LogP contribution in [0.4, 0.5) is 5.88 Å². The van der Waals surface area contributed by atoms with Gasteiger partial charge in [-0.25, -0.2) is 0 Å². The Bertz CT molecular complexity index is 496. The van der Waals surface area contributed by atoms with E-state index in [1.165, 1.54) is 0 Å². The van der Waals surface area contributed by atoms with E-state index in [0.29, 0.717) is 18.2 Å². The second-order valence-corrected chi connectivity index (χ2v) is 4.04. The maximum Gasteiger partial charge on any atom is 0.222 e. The topological polar surface area (TPSA) is 61.3 Å². The van der Waals surface area contributed by atoms with E-state index in [1.54, 1.807) is 6.07 Å². The Hall–Kier alpha value is -1.49. The third-order valence-electron chi connectivity index (χ3n) is 2.06. The first kappa shape index (κ1) is 11.0. The van der Waals surface area contributed by atoms with Crippen molar-refractivity contribution in [2.24, 2.45) is 0 Å². The van der Waals surface area contributed by atoms with E-state index in [-0.39, 0.29) is 0 Å². The highest BCUT2D eigenvalue weighted by atomic mass is 79.9. The van der Waals surface area contributed by atoms with Gasteiger partial charge >= 0.3 is 0 Å². The van der Waals surface area contributed by atoms with Gasteiger partial charge in [0.25, 0.3) is 0 Å². The zero-order chi connectivity index (χ0) is 11.5. The van der Waals surface area contributed by atoms with Crippen LogP contribution in [0, 0.1) is 0 Å². The van der Waals surface area contributed by atoms with Crippen LogP contribution in [-0.2, 0) is 0 Å². The monoisotopic (exact) mass is 282 g/mol. The number of hydrogen-bond donors (Lipinski definition) is 1. The summed E-state index contributed by atoms with van der Waals surface area (Å²) < 4.78 is 11.1. The first-order valence-electron chi connectivity index (χ1n) is 4.85. The van der Waals surface area contributed by atoms with E-state index >= 15 is 0 Å². The van der Waals surface area contributed by atoms with Gasteiger partial charge in [-0.2, -0.15) is 0 Å². The van der Waals surface area contributed by atoms with Crippen LogP contribution < -0.4 is 10.5 Å². The lowest BCUT2D eigenvalue weighted by Gasteiger charge is -2.05. The largest absolute Gasteiger partial charge is 0.494 e. The molecule has 1 aromatic heterocycles. The molecule has 1 heterocycles. The lowest BCUT2D eigenvalue weighted by molar-refractivity contribution is 0.340. The molecule has 84 valence electrons. The minimum Gasteiger partial charge on any atom is -0.494 e. The van der Waals surface area contributed by atoms with E-state index in [4.69, 9.17) is 15.0 Å². The molecule has 0 bridgehead atoms. The van der Waals surface area contributed by atoms with E-state index < -0.39 is 0 Å². The van der Waals surface area contributed by atoms with Gasteiger partial charge in [0.1, 0.15) is 11.4 Å². The Morgan fingerprint density at radius 2 is 2.25 bits per heavy atom. The fraction of sp³-hybridized carbons (Fsp3) is 0.182. The van der Waals surface area contributed by atoms with Crippen LogP contribution in [0.1, 0.15) is 6.92 Å². The van der Waals surface area contributed by atoms with Crippen LogP contribution in [0.5, 0.6) is 5.75 Å². The molecule has 2 N–H and O–H groups in total. The van der Waals surface area contributed by atoms with Gasteiger partial charge in [-0.15, -0.1) is 0 Å². The second kappa shape index (κ2) is 4.57. The summed E-state index contributed by atoms with van der Waals surface area (Å²) >= 11 is 3.46. The van der Waals surface area contributed by atoms with Gasteiger partial charge in [-0.3, -0.25) is 0 Å². The van der Waals surface area contributed by atoms with Gasteiger partial charge in [0, 0.05) is 16.1 Å². The quantitative estimate of drug-likeness (QED) is 0.940. The lowest BCUT2D eigenvalue weighted by atomic mass is 10.1. The molecule has 0 amide bonds. The minimum atomic E-state index is 0.302. The first-order valence-corrected chi connectivity index (χ1v) is 5.65. The number of hydrogen-bond acceptors (Lipinski definition) is 4. The van der Waals surface area contributed by atoms with Crippen molar-refractivity contribution in [2.75, 3.05) is 12.3 Å². The van der Waals surface area contributed by atoms with Crippen molar-refractivity contribution in [3.63, 3.8) is 0 Å². The number of rotatable bonds is 3. The first-order chi connectivity index (χ1) is 7.70. The Kier molecular flexibility index (Phi) is 3.14. The molecular weight excluding hydrogens is 272 g/mol.